The Bertz CT molecular complexity index is 270. The molecule has 0 aromatic heterocycles. The van der Waals surface area contributed by atoms with Crippen LogP contribution in [0, 0.1) is 11.8 Å². The highest BCUT2D eigenvalue weighted by Gasteiger charge is 2.25. The lowest BCUT2D eigenvalue weighted by molar-refractivity contribution is 0.249. The second-order valence-corrected chi connectivity index (χ2v) is 5.02. The van der Waals surface area contributed by atoms with Crippen LogP contribution in [-0.4, -0.2) is 11.7 Å². The molecule has 1 aliphatic rings. The number of hydrogen-bond acceptors (Lipinski definition) is 2. The van der Waals surface area contributed by atoms with E-state index in [9.17, 15) is 4.79 Å². The van der Waals surface area contributed by atoms with Gasteiger partial charge >= 0.3 is 6.03 Å². The van der Waals surface area contributed by atoms with Crippen molar-refractivity contribution in [2.45, 2.75) is 58.8 Å². The number of rotatable bonds is 5. The normalized spacial score (nSPS) is 20.0. The van der Waals surface area contributed by atoms with Crippen molar-refractivity contribution >= 4 is 11.7 Å². The minimum Gasteiger partial charge on any atom is -0.350 e. The van der Waals surface area contributed by atoms with E-state index in [0.717, 1.165) is 24.5 Å². The van der Waals surface area contributed by atoms with Gasteiger partial charge in [0.1, 0.15) is 0 Å². The van der Waals surface area contributed by atoms with Gasteiger partial charge in [-0.3, -0.25) is 0 Å². The number of hydrazone groups is 1. The number of amides is 2. The second kappa shape index (κ2) is 7.30. The molecule has 98 valence electrons. The third kappa shape index (κ3) is 4.75. The predicted octanol–water partition coefficient (Wildman–Crippen LogP) is 3.03. The van der Waals surface area contributed by atoms with Crippen molar-refractivity contribution in [3.63, 3.8) is 0 Å². The summed E-state index contributed by atoms with van der Waals surface area (Å²) in [6, 6.07) is -0.580. The number of urea groups is 1. The summed E-state index contributed by atoms with van der Waals surface area (Å²) in [5, 5.41) is 4.11. The molecule has 0 spiro atoms. The maximum atomic E-state index is 10.7. The van der Waals surface area contributed by atoms with Crippen molar-refractivity contribution in [1.82, 2.24) is 5.43 Å². The SMILES string of the molecule is CCC[C@@H](/C(C)=N\NC(N)=O)C1CCCCC1. The first-order valence-electron chi connectivity index (χ1n) is 6.74. The maximum absolute atomic E-state index is 10.7. The smallest absolute Gasteiger partial charge is 0.332 e. The van der Waals surface area contributed by atoms with E-state index in [1.54, 1.807) is 0 Å². The van der Waals surface area contributed by atoms with Crippen LogP contribution in [0.1, 0.15) is 58.8 Å². The van der Waals surface area contributed by atoms with Crippen LogP contribution >= 0.6 is 0 Å². The van der Waals surface area contributed by atoms with E-state index < -0.39 is 6.03 Å². The molecule has 1 fully saturated rings. The van der Waals surface area contributed by atoms with E-state index in [4.69, 9.17) is 5.73 Å². The van der Waals surface area contributed by atoms with Crippen LogP contribution in [0.3, 0.4) is 0 Å². The van der Waals surface area contributed by atoms with Gasteiger partial charge in [0.15, 0.2) is 0 Å². The fourth-order valence-electron chi connectivity index (χ4n) is 2.86. The highest BCUT2D eigenvalue weighted by atomic mass is 16.2. The van der Waals surface area contributed by atoms with E-state index in [1.165, 1.54) is 32.1 Å². The van der Waals surface area contributed by atoms with Crippen LogP contribution in [0.25, 0.3) is 0 Å². The Morgan fingerprint density at radius 1 is 1.41 bits per heavy atom. The first kappa shape index (κ1) is 14.0. The first-order chi connectivity index (χ1) is 8.15. The summed E-state index contributed by atoms with van der Waals surface area (Å²) in [6.45, 7) is 4.20. The van der Waals surface area contributed by atoms with E-state index in [0.29, 0.717) is 5.92 Å². The maximum Gasteiger partial charge on any atom is 0.332 e. The van der Waals surface area contributed by atoms with Crippen LogP contribution in [0.15, 0.2) is 5.10 Å². The van der Waals surface area contributed by atoms with Gasteiger partial charge in [-0.1, -0.05) is 32.6 Å². The molecule has 0 saturated heterocycles. The highest BCUT2D eigenvalue weighted by molar-refractivity contribution is 5.86. The number of nitrogens with zero attached hydrogens (tertiary/aromatic N) is 1. The summed E-state index contributed by atoms with van der Waals surface area (Å²) in [5.74, 6) is 1.24. The van der Waals surface area contributed by atoms with Crippen molar-refractivity contribution in [1.29, 1.82) is 0 Å². The summed E-state index contributed by atoms with van der Waals surface area (Å²) in [4.78, 5) is 10.7. The number of hydrogen-bond donors (Lipinski definition) is 2. The number of nitrogens with one attached hydrogen (secondary N) is 1. The second-order valence-electron chi connectivity index (χ2n) is 5.02. The molecule has 1 rings (SSSR count). The lowest BCUT2D eigenvalue weighted by Crippen LogP contribution is -2.29. The number of primary amides is 1. The number of nitrogens with two attached hydrogens (primary N) is 1. The third-order valence-electron chi connectivity index (χ3n) is 3.70. The van der Waals surface area contributed by atoms with Gasteiger partial charge in [-0.05, 0) is 32.1 Å². The molecule has 0 unspecified atom stereocenters. The lowest BCUT2D eigenvalue weighted by atomic mass is 9.76. The van der Waals surface area contributed by atoms with Crippen LogP contribution in [0.4, 0.5) is 4.79 Å². The van der Waals surface area contributed by atoms with Gasteiger partial charge in [0.2, 0.25) is 0 Å². The number of carbonyl (C=O) groups excluding carboxylic acids is 1. The summed E-state index contributed by atoms with van der Waals surface area (Å²) >= 11 is 0. The topological polar surface area (TPSA) is 67.5 Å². The van der Waals surface area contributed by atoms with Crippen molar-refractivity contribution in [3.8, 4) is 0 Å². The van der Waals surface area contributed by atoms with Gasteiger partial charge in [-0.25, -0.2) is 10.2 Å². The molecule has 0 aliphatic heterocycles. The molecule has 1 aliphatic carbocycles. The number of carbonyl (C=O) groups is 1. The van der Waals surface area contributed by atoms with Gasteiger partial charge in [0, 0.05) is 11.6 Å². The van der Waals surface area contributed by atoms with Gasteiger partial charge in [-0.15, -0.1) is 0 Å². The summed E-state index contributed by atoms with van der Waals surface area (Å²) in [6.07, 6.45) is 8.95. The van der Waals surface area contributed by atoms with Gasteiger partial charge < -0.3 is 5.73 Å². The Hall–Kier alpha value is -1.06. The van der Waals surface area contributed by atoms with Gasteiger partial charge in [0.25, 0.3) is 0 Å². The van der Waals surface area contributed by atoms with Crippen molar-refractivity contribution in [2.24, 2.45) is 22.7 Å². The Morgan fingerprint density at radius 2 is 2.06 bits per heavy atom. The van der Waals surface area contributed by atoms with Crippen LogP contribution in [0.2, 0.25) is 0 Å². The molecule has 4 heteroatoms. The largest absolute Gasteiger partial charge is 0.350 e. The standard InChI is InChI=1S/C13H25N3O/c1-3-7-12(10(2)15-16-13(14)17)11-8-5-4-6-9-11/h11-12H,3-9H2,1-2H3,(H3,14,16,17)/b15-10-/t12-/m0/s1. The average Bonchev–Trinajstić information content (AvgIpc) is 2.34. The molecule has 0 radical (unpaired) electrons. The minimum absolute atomic E-state index is 0.507. The van der Waals surface area contributed by atoms with Crippen LogP contribution < -0.4 is 11.2 Å². The molecule has 0 aromatic carbocycles. The molecule has 1 saturated carbocycles. The average molecular weight is 239 g/mol. The fourth-order valence-corrected chi connectivity index (χ4v) is 2.86. The molecule has 4 nitrogen and oxygen atoms in total. The monoisotopic (exact) mass is 239 g/mol. The molecule has 0 heterocycles. The molecule has 1 atom stereocenters. The van der Waals surface area contributed by atoms with Crippen LogP contribution in [-0.2, 0) is 0 Å². The van der Waals surface area contributed by atoms with Crippen molar-refractivity contribution in [2.75, 3.05) is 0 Å². The Labute approximate surface area is 104 Å². The first-order valence-corrected chi connectivity index (χ1v) is 6.74. The molecular weight excluding hydrogens is 214 g/mol. The molecule has 2 amide bonds. The molecule has 0 aromatic rings. The summed E-state index contributed by atoms with van der Waals surface area (Å²) in [5.41, 5.74) is 8.41. The predicted molar refractivity (Wildman–Crippen MR) is 70.8 cm³/mol. The summed E-state index contributed by atoms with van der Waals surface area (Å²) < 4.78 is 0. The lowest BCUT2D eigenvalue weighted by Gasteiger charge is -2.30. The molecule has 3 N–H and O–H groups in total. The zero-order chi connectivity index (χ0) is 12.7. The van der Waals surface area contributed by atoms with Crippen molar-refractivity contribution in [3.05, 3.63) is 0 Å². The Morgan fingerprint density at radius 3 is 2.59 bits per heavy atom. The highest BCUT2D eigenvalue weighted by Crippen LogP contribution is 2.33. The molecular formula is C13H25N3O. The Kier molecular flexibility index (Phi) is 6.01. The third-order valence-corrected chi connectivity index (χ3v) is 3.70. The van der Waals surface area contributed by atoms with E-state index >= 15 is 0 Å². The van der Waals surface area contributed by atoms with E-state index in [1.807, 2.05) is 6.92 Å². The fraction of sp³-hybridized carbons (Fsp3) is 0.846. The van der Waals surface area contributed by atoms with Crippen LogP contribution in [0.5, 0.6) is 0 Å². The van der Waals surface area contributed by atoms with Gasteiger partial charge in [-0.2, -0.15) is 5.10 Å². The minimum atomic E-state index is -0.580. The van der Waals surface area contributed by atoms with Crippen molar-refractivity contribution < 1.29 is 4.79 Å². The quantitative estimate of drug-likeness (QED) is 0.562. The van der Waals surface area contributed by atoms with Gasteiger partial charge in [0.05, 0.1) is 0 Å². The Balaban J connectivity index is 2.62. The summed E-state index contributed by atoms with van der Waals surface area (Å²) in [7, 11) is 0. The zero-order valence-electron chi connectivity index (χ0n) is 11.0. The van der Waals surface area contributed by atoms with E-state index in [2.05, 4.69) is 17.5 Å². The molecule has 0 bridgehead atoms. The zero-order valence-corrected chi connectivity index (χ0v) is 11.0. The molecule has 17 heavy (non-hydrogen) atoms. The van der Waals surface area contributed by atoms with E-state index in [-0.39, 0.29) is 0 Å².